The molecule has 0 radical (unpaired) electrons. The number of carbonyl (C=O) groups is 1. The molecule has 1 aromatic carbocycles. The molecule has 0 aliphatic heterocycles. The number of carbonyl (C=O) groups excluding carboxylic acids is 1. The lowest BCUT2D eigenvalue weighted by atomic mass is 9.85. The van der Waals surface area contributed by atoms with E-state index in [1.54, 1.807) is 26.2 Å². The van der Waals surface area contributed by atoms with Crippen molar-refractivity contribution in [3.8, 4) is 0 Å². The van der Waals surface area contributed by atoms with Crippen LogP contribution < -0.4 is 0 Å². The Labute approximate surface area is 107 Å². The van der Waals surface area contributed by atoms with E-state index in [1.807, 2.05) is 20.8 Å². The zero-order chi connectivity index (χ0) is 14.1. The van der Waals surface area contributed by atoms with E-state index < -0.39 is 4.92 Å². The van der Waals surface area contributed by atoms with Gasteiger partial charge in [-0.25, -0.2) is 0 Å². The number of nitro benzene ring substituents is 1. The maximum atomic E-state index is 11.8. The van der Waals surface area contributed by atoms with Crippen LogP contribution in [-0.2, 0) is 5.41 Å². The summed E-state index contributed by atoms with van der Waals surface area (Å²) >= 11 is 0. The largest absolute Gasteiger partial charge is 0.345 e. The predicted octanol–water partition coefficient (Wildman–Crippen LogP) is 2.59. The molecule has 0 aliphatic carbocycles. The highest BCUT2D eigenvalue weighted by Crippen LogP contribution is 2.31. The Morgan fingerprint density at radius 2 is 1.83 bits per heavy atom. The van der Waals surface area contributed by atoms with Crippen LogP contribution >= 0.6 is 0 Å². The molecular formula is C13H18N2O3. The number of rotatable bonds is 2. The average Bonchev–Trinajstić information content (AvgIpc) is 2.25. The van der Waals surface area contributed by atoms with Crippen LogP contribution in [0.2, 0.25) is 0 Å². The number of hydrogen-bond donors (Lipinski definition) is 0. The van der Waals surface area contributed by atoms with Gasteiger partial charge in [0.2, 0.25) is 0 Å². The highest BCUT2D eigenvalue weighted by Gasteiger charge is 2.26. The lowest BCUT2D eigenvalue weighted by Gasteiger charge is -2.19. The monoisotopic (exact) mass is 250 g/mol. The molecule has 0 saturated heterocycles. The van der Waals surface area contributed by atoms with Gasteiger partial charge >= 0.3 is 0 Å². The quantitative estimate of drug-likeness (QED) is 0.598. The van der Waals surface area contributed by atoms with E-state index in [1.165, 1.54) is 11.0 Å². The summed E-state index contributed by atoms with van der Waals surface area (Å²) in [6.45, 7) is 5.72. The highest BCUT2D eigenvalue weighted by atomic mass is 16.6. The van der Waals surface area contributed by atoms with E-state index >= 15 is 0 Å². The summed E-state index contributed by atoms with van der Waals surface area (Å²) in [5.41, 5.74) is 0.625. The third-order valence-electron chi connectivity index (χ3n) is 2.66. The maximum absolute atomic E-state index is 11.8. The Kier molecular flexibility index (Phi) is 3.74. The van der Waals surface area contributed by atoms with Crippen LogP contribution in [0, 0.1) is 10.1 Å². The van der Waals surface area contributed by atoms with Crippen LogP contribution in [0.25, 0.3) is 0 Å². The Bertz CT molecular complexity index is 487. The standard InChI is InChI=1S/C13H18N2O3/c1-13(2,3)10-7-6-9(12(16)14(4)5)8-11(10)15(17)18/h6-8H,1-5H3. The number of amides is 1. The van der Waals surface area contributed by atoms with Crippen LogP contribution in [0.15, 0.2) is 18.2 Å². The van der Waals surface area contributed by atoms with E-state index in [0.29, 0.717) is 11.1 Å². The van der Waals surface area contributed by atoms with Crippen molar-refractivity contribution >= 4 is 11.6 Å². The summed E-state index contributed by atoms with van der Waals surface area (Å²) in [5, 5.41) is 11.1. The molecule has 98 valence electrons. The van der Waals surface area contributed by atoms with Crippen LogP contribution in [0.4, 0.5) is 5.69 Å². The number of nitro groups is 1. The number of benzene rings is 1. The Balaban J connectivity index is 3.37. The molecular weight excluding hydrogens is 232 g/mol. The molecule has 5 nitrogen and oxygen atoms in total. The molecule has 5 heteroatoms. The Morgan fingerprint density at radius 3 is 2.22 bits per heavy atom. The van der Waals surface area contributed by atoms with Gasteiger partial charge in [0, 0.05) is 31.3 Å². The molecule has 0 saturated carbocycles. The van der Waals surface area contributed by atoms with Crippen molar-refractivity contribution in [1.29, 1.82) is 0 Å². The Morgan fingerprint density at radius 1 is 1.28 bits per heavy atom. The van der Waals surface area contributed by atoms with Crippen LogP contribution in [-0.4, -0.2) is 29.8 Å². The normalized spacial score (nSPS) is 11.2. The zero-order valence-corrected chi connectivity index (χ0v) is 11.4. The molecule has 0 aromatic heterocycles. The second-order valence-corrected chi connectivity index (χ2v) is 5.44. The van der Waals surface area contributed by atoms with E-state index in [-0.39, 0.29) is 17.0 Å². The van der Waals surface area contributed by atoms with E-state index in [9.17, 15) is 14.9 Å². The van der Waals surface area contributed by atoms with Crippen molar-refractivity contribution < 1.29 is 9.72 Å². The second-order valence-electron chi connectivity index (χ2n) is 5.44. The number of nitrogens with zero attached hydrogens (tertiary/aromatic N) is 2. The maximum Gasteiger partial charge on any atom is 0.273 e. The molecule has 18 heavy (non-hydrogen) atoms. The van der Waals surface area contributed by atoms with Gasteiger partial charge in [-0.2, -0.15) is 0 Å². The first-order valence-electron chi connectivity index (χ1n) is 5.65. The molecule has 0 spiro atoms. The van der Waals surface area contributed by atoms with E-state index in [2.05, 4.69) is 0 Å². The van der Waals surface area contributed by atoms with Crippen molar-refractivity contribution in [2.24, 2.45) is 0 Å². The zero-order valence-electron chi connectivity index (χ0n) is 11.4. The molecule has 0 fully saturated rings. The first-order chi connectivity index (χ1) is 8.14. The third kappa shape index (κ3) is 2.85. The van der Waals surface area contributed by atoms with Gasteiger partial charge in [0.25, 0.3) is 11.6 Å². The summed E-state index contributed by atoms with van der Waals surface area (Å²) in [4.78, 5) is 23.8. The number of hydrogen-bond acceptors (Lipinski definition) is 3. The summed E-state index contributed by atoms with van der Waals surface area (Å²) < 4.78 is 0. The van der Waals surface area contributed by atoms with Crippen LogP contribution in [0.1, 0.15) is 36.7 Å². The van der Waals surface area contributed by atoms with Crippen molar-refractivity contribution in [2.75, 3.05) is 14.1 Å². The summed E-state index contributed by atoms with van der Waals surface area (Å²) in [6, 6.07) is 4.65. The first kappa shape index (κ1) is 14.2. The third-order valence-corrected chi connectivity index (χ3v) is 2.66. The van der Waals surface area contributed by atoms with Gasteiger partial charge in [0.1, 0.15) is 0 Å². The summed E-state index contributed by atoms with van der Waals surface area (Å²) in [6.07, 6.45) is 0. The van der Waals surface area contributed by atoms with Gasteiger partial charge in [-0.15, -0.1) is 0 Å². The van der Waals surface area contributed by atoms with E-state index in [4.69, 9.17) is 0 Å². The minimum absolute atomic E-state index is 0.00444. The predicted molar refractivity (Wildman–Crippen MR) is 69.8 cm³/mol. The highest BCUT2D eigenvalue weighted by molar-refractivity contribution is 5.94. The van der Waals surface area contributed by atoms with Crippen LogP contribution in [0.3, 0.4) is 0 Å². The van der Waals surface area contributed by atoms with Crippen molar-refractivity contribution in [1.82, 2.24) is 4.90 Å². The SMILES string of the molecule is CN(C)C(=O)c1ccc(C(C)(C)C)c([N+](=O)[O-])c1. The molecule has 0 N–H and O–H groups in total. The lowest BCUT2D eigenvalue weighted by molar-refractivity contribution is -0.386. The molecule has 1 amide bonds. The van der Waals surface area contributed by atoms with Crippen LogP contribution in [0.5, 0.6) is 0 Å². The minimum atomic E-state index is -0.437. The Hall–Kier alpha value is -1.91. The minimum Gasteiger partial charge on any atom is -0.345 e. The van der Waals surface area contributed by atoms with Gasteiger partial charge in [-0.1, -0.05) is 26.8 Å². The fourth-order valence-corrected chi connectivity index (χ4v) is 1.71. The fraction of sp³-hybridized carbons (Fsp3) is 0.462. The second kappa shape index (κ2) is 4.76. The summed E-state index contributed by atoms with van der Waals surface area (Å²) in [5.74, 6) is -0.237. The fourth-order valence-electron chi connectivity index (χ4n) is 1.71. The molecule has 0 unspecified atom stereocenters. The molecule has 0 atom stereocenters. The molecule has 0 bridgehead atoms. The molecule has 0 heterocycles. The first-order valence-corrected chi connectivity index (χ1v) is 5.65. The smallest absolute Gasteiger partial charge is 0.273 e. The molecule has 0 aliphatic rings. The average molecular weight is 250 g/mol. The molecule has 1 aromatic rings. The topological polar surface area (TPSA) is 63.5 Å². The summed E-state index contributed by atoms with van der Waals surface area (Å²) in [7, 11) is 3.23. The van der Waals surface area contributed by atoms with Gasteiger partial charge < -0.3 is 4.90 Å². The van der Waals surface area contributed by atoms with Crippen molar-refractivity contribution in [3.63, 3.8) is 0 Å². The van der Waals surface area contributed by atoms with Gasteiger partial charge in [0.05, 0.1) is 4.92 Å². The lowest BCUT2D eigenvalue weighted by Crippen LogP contribution is -2.22. The van der Waals surface area contributed by atoms with Gasteiger partial charge in [-0.05, 0) is 11.5 Å². The van der Waals surface area contributed by atoms with Gasteiger partial charge in [-0.3, -0.25) is 14.9 Å². The van der Waals surface area contributed by atoms with Gasteiger partial charge in [0.15, 0.2) is 0 Å². The van der Waals surface area contributed by atoms with Crippen molar-refractivity contribution in [3.05, 3.63) is 39.4 Å². The van der Waals surface area contributed by atoms with Crippen molar-refractivity contribution in [2.45, 2.75) is 26.2 Å². The molecule has 1 rings (SSSR count). The van der Waals surface area contributed by atoms with E-state index in [0.717, 1.165) is 0 Å².